The van der Waals surface area contributed by atoms with Gasteiger partial charge in [0.1, 0.15) is 5.76 Å². The largest absolute Gasteiger partial charge is 0.447 e. The number of hydrogen-bond donors (Lipinski definition) is 2. The van der Waals surface area contributed by atoms with Gasteiger partial charge in [0.15, 0.2) is 0 Å². The Morgan fingerprint density at radius 1 is 1.47 bits per heavy atom. The molecule has 0 aromatic carbocycles. The van der Waals surface area contributed by atoms with Crippen molar-refractivity contribution in [3.05, 3.63) is 17.9 Å². The van der Waals surface area contributed by atoms with Crippen molar-refractivity contribution in [2.24, 2.45) is 0 Å². The van der Waals surface area contributed by atoms with E-state index in [1.54, 1.807) is 27.0 Å². The molecule has 0 saturated heterocycles. The summed E-state index contributed by atoms with van der Waals surface area (Å²) in [6.07, 6.45) is 5.23. The first-order valence-electron chi connectivity index (χ1n) is 5.06. The van der Waals surface area contributed by atoms with Crippen LogP contribution in [0, 0.1) is 12.3 Å². The highest BCUT2D eigenvalue weighted by Crippen LogP contribution is 2.16. The van der Waals surface area contributed by atoms with Crippen LogP contribution in [0.3, 0.4) is 0 Å². The zero-order valence-corrected chi connectivity index (χ0v) is 10.9. The maximum Gasteiger partial charge on any atom is 0.275 e. The molecule has 0 aliphatic heterocycles. The van der Waals surface area contributed by atoms with E-state index >= 15 is 0 Å². The summed E-state index contributed by atoms with van der Waals surface area (Å²) in [6.45, 7) is 3.66. The quantitative estimate of drug-likeness (QED) is 0.760. The highest BCUT2D eigenvalue weighted by Gasteiger charge is 2.26. The van der Waals surface area contributed by atoms with E-state index in [0.29, 0.717) is 12.3 Å². The van der Waals surface area contributed by atoms with Gasteiger partial charge in [0.2, 0.25) is 5.09 Å². The van der Waals surface area contributed by atoms with Crippen LogP contribution < -0.4 is 10.0 Å². The topological polar surface area (TPSA) is 71.3 Å². The van der Waals surface area contributed by atoms with Gasteiger partial charge in [-0.1, -0.05) is 5.92 Å². The van der Waals surface area contributed by atoms with Gasteiger partial charge in [-0.3, -0.25) is 0 Å². The van der Waals surface area contributed by atoms with Gasteiger partial charge < -0.3 is 9.73 Å². The Hall–Kier alpha value is -1.29. The fourth-order valence-corrected chi connectivity index (χ4v) is 2.48. The SMILES string of the molecule is C#CC(C)(C)NS(=O)(=O)c1ccc(CNC)o1. The van der Waals surface area contributed by atoms with Crippen molar-refractivity contribution < 1.29 is 12.8 Å². The lowest BCUT2D eigenvalue weighted by atomic mass is 10.1. The number of sulfonamides is 1. The van der Waals surface area contributed by atoms with Crippen LogP contribution in [-0.2, 0) is 16.6 Å². The summed E-state index contributed by atoms with van der Waals surface area (Å²) in [6, 6.07) is 3.01. The first-order valence-corrected chi connectivity index (χ1v) is 6.54. The lowest BCUT2D eigenvalue weighted by Crippen LogP contribution is -2.41. The third-order valence-corrected chi connectivity index (χ3v) is 3.53. The molecule has 0 aliphatic rings. The third kappa shape index (κ3) is 3.60. The summed E-state index contributed by atoms with van der Waals surface area (Å²) in [5.41, 5.74) is -0.950. The molecule has 1 heterocycles. The second-order valence-corrected chi connectivity index (χ2v) is 5.74. The molecule has 0 aliphatic carbocycles. The Balaban J connectivity index is 2.94. The van der Waals surface area contributed by atoms with Crippen LogP contribution in [0.2, 0.25) is 0 Å². The van der Waals surface area contributed by atoms with Gasteiger partial charge >= 0.3 is 0 Å². The summed E-state index contributed by atoms with van der Waals surface area (Å²) in [5, 5.41) is 2.73. The number of rotatable bonds is 5. The van der Waals surface area contributed by atoms with Crippen molar-refractivity contribution in [3.8, 4) is 12.3 Å². The highest BCUT2D eigenvalue weighted by atomic mass is 32.2. The summed E-state index contributed by atoms with van der Waals surface area (Å²) in [4.78, 5) is 0. The Labute approximate surface area is 102 Å². The fourth-order valence-electron chi connectivity index (χ4n) is 1.19. The molecular formula is C11H16N2O3S. The van der Waals surface area contributed by atoms with E-state index in [0.717, 1.165) is 0 Å². The number of nitrogens with one attached hydrogen (secondary N) is 2. The molecule has 1 aromatic rings. The summed E-state index contributed by atoms with van der Waals surface area (Å²) >= 11 is 0. The van der Waals surface area contributed by atoms with E-state index in [1.807, 2.05) is 0 Å². The number of furan rings is 1. The predicted molar refractivity (Wildman–Crippen MR) is 64.7 cm³/mol. The molecule has 94 valence electrons. The summed E-state index contributed by atoms with van der Waals surface area (Å²) < 4.78 is 31.4. The van der Waals surface area contributed by atoms with Crippen LogP contribution in [0.5, 0.6) is 0 Å². The standard InChI is InChI=1S/C11H16N2O3S/c1-5-11(2,3)13-17(14,15)10-7-6-9(16-10)8-12-4/h1,6-7,12-13H,8H2,2-4H3. The van der Waals surface area contributed by atoms with E-state index in [-0.39, 0.29) is 5.09 Å². The molecule has 0 amide bonds. The molecule has 0 saturated carbocycles. The fraction of sp³-hybridized carbons (Fsp3) is 0.455. The average molecular weight is 256 g/mol. The summed E-state index contributed by atoms with van der Waals surface area (Å²) in [5.74, 6) is 2.90. The van der Waals surface area contributed by atoms with Crippen molar-refractivity contribution in [1.29, 1.82) is 0 Å². The molecule has 1 rings (SSSR count). The van der Waals surface area contributed by atoms with E-state index in [4.69, 9.17) is 10.8 Å². The molecule has 17 heavy (non-hydrogen) atoms. The minimum Gasteiger partial charge on any atom is -0.447 e. The molecule has 0 atom stereocenters. The normalized spacial score (nSPS) is 12.4. The molecule has 2 N–H and O–H groups in total. The van der Waals surface area contributed by atoms with Crippen LogP contribution in [0.4, 0.5) is 0 Å². The molecule has 0 bridgehead atoms. The van der Waals surface area contributed by atoms with Gasteiger partial charge in [0, 0.05) is 0 Å². The summed E-state index contributed by atoms with van der Waals surface area (Å²) in [7, 11) is -1.97. The number of hydrogen-bond acceptors (Lipinski definition) is 4. The Morgan fingerprint density at radius 3 is 2.65 bits per heavy atom. The van der Waals surface area contributed by atoms with Gasteiger partial charge in [0.25, 0.3) is 10.0 Å². The van der Waals surface area contributed by atoms with Gasteiger partial charge in [-0.15, -0.1) is 6.42 Å². The average Bonchev–Trinajstić information content (AvgIpc) is 2.66. The molecule has 5 nitrogen and oxygen atoms in total. The second kappa shape index (κ2) is 4.92. The first kappa shape index (κ1) is 13.8. The smallest absolute Gasteiger partial charge is 0.275 e. The van der Waals surface area contributed by atoms with E-state index in [2.05, 4.69) is 16.0 Å². The van der Waals surface area contributed by atoms with E-state index in [9.17, 15) is 8.42 Å². The van der Waals surface area contributed by atoms with Gasteiger partial charge in [-0.2, -0.15) is 4.72 Å². The van der Waals surface area contributed by atoms with Gasteiger partial charge in [-0.25, -0.2) is 8.42 Å². The molecule has 0 radical (unpaired) electrons. The second-order valence-electron chi connectivity index (χ2n) is 4.13. The van der Waals surface area contributed by atoms with Gasteiger partial charge in [-0.05, 0) is 33.0 Å². The minimum atomic E-state index is -3.71. The molecule has 0 fully saturated rings. The Morgan fingerprint density at radius 2 is 2.12 bits per heavy atom. The van der Waals surface area contributed by atoms with Gasteiger partial charge in [0.05, 0.1) is 12.1 Å². The van der Waals surface area contributed by atoms with Crippen molar-refractivity contribution >= 4 is 10.0 Å². The predicted octanol–water partition coefficient (Wildman–Crippen LogP) is 0.689. The Bertz CT molecular complexity index is 523. The van der Waals surface area contributed by atoms with E-state index < -0.39 is 15.6 Å². The molecule has 6 heteroatoms. The minimum absolute atomic E-state index is 0.133. The maximum absolute atomic E-state index is 11.9. The zero-order chi connectivity index (χ0) is 13.1. The lowest BCUT2D eigenvalue weighted by molar-refractivity contribution is 0.400. The Kier molecular flexibility index (Phi) is 3.98. The monoisotopic (exact) mass is 256 g/mol. The van der Waals surface area contributed by atoms with Crippen molar-refractivity contribution in [2.45, 2.75) is 31.0 Å². The van der Waals surface area contributed by atoms with Crippen molar-refractivity contribution in [2.75, 3.05) is 7.05 Å². The highest BCUT2D eigenvalue weighted by molar-refractivity contribution is 7.89. The van der Waals surface area contributed by atoms with Crippen LogP contribution >= 0.6 is 0 Å². The molecule has 0 unspecified atom stereocenters. The van der Waals surface area contributed by atoms with Crippen molar-refractivity contribution in [3.63, 3.8) is 0 Å². The molecule has 1 aromatic heterocycles. The van der Waals surface area contributed by atoms with Crippen LogP contribution in [0.1, 0.15) is 19.6 Å². The van der Waals surface area contributed by atoms with E-state index in [1.165, 1.54) is 6.07 Å². The first-order chi connectivity index (χ1) is 7.80. The third-order valence-electron chi connectivity index (χ3n) is 2.00. The van der Waals surface area contributed by atoms with Crippen molar-refractivity contribution in [1.82, 2.24) is 10.0 Å². The van der Waals surface area contributed by atoms with Crippen LogP contribution in [-0.4, -0.2) is 21.0 Å². The zero-order valence-electron chi connectivity index (χ0n) is 10.1. The molecule has 0 spiro atoms. The maximum atomic E-state index is 11.9. The van der Waals surface area contributed by atoms with Crippen LogP contribution in [0.15, 0.2) is 21.6 Å². The number of terminal acetylenes is 1. The molecular weight excluding hydrogens is 240 g/mol. The van der Waals surface area contributed by atoms with Crippen LogP contribution in [0.25, 0.3) is 0 Å². The lowest BCUT2D eigenvalue weighted by Gasteiger charge is -2.18.